The van der Waals surface area contributed by atoms with E-state index in [1.807, 2.05) is 6.92 Å². The molecule has 0 aromatic heterocycles. The first-order valence-electron chi connectivity index (χ1n) is 7.03. The van der Waals surface area contributed by atoms with Gasteiger partial charge in [-0.2, -0.15) is 0 Å². The lowest BCUT2D eigenvalue weighted by molar-refractivity contribution is -0.231. The van der Waals surface area contributed by atoms with Crippen molar-refractivity contribution in [1.82, 2.24) is 5.32 Å². The molecule has 0 aliphatic carbocycles. The third-order valence-corrected chi connectivity index (χ3v) is 4.00. The molecule has 3 fully saturated rings. The number of ether oxygens (including phenoxy) is 4. The number of fused-ring (bicyclic) bond motifs is 1. The first-order chi connectivity index (χ1) is 9.45. The summed E-state index contributed by atoms with van der Waals surface area (Å²) in [6.07, 6.45) is -1.52. The molecule has 3 heterocycles. The van der Waals surface area contributed by atoms with Crippen molar-refractivity contribution in [1.29, 1.82) is 0 Å². The highest BCUT2D eigenvalue weighted by molar-refractivity contribution is 5.85. The molecule has 0 bridgehead atoms. The number of β-lactam (4-membered cyclic amide) rings is 1. The zero-order valence-electron chi connectivity index (χ0n) is 11.9. The Labute approximate surface area is 117 Å². The predicted octanol–water partition coefficient (Wildman–Crippen LogP) is -0.278. The van der Waals surface area contributed by atoms with E-state index in [0.717, 1.165) is 0 Å². The van der Waals surface area contributed by atoms with E-state index in [0.29, 0.717) is 6.42 Å². The van der Waals surface area contributed by atoms with Gasteiger partial charge in [-0.15, -0.1) is 0 Å². The largest absolute Gasteiger partial charge is 0.394 e. The summed E-state index contributed by atoms with van der Waals surface area (Å²) in [7, 11) is 0. The van der Waals surface area contributed by atoms with E-state index in [1.54, 1.807) is 13.8 Å². The van der Waals surface area contributed by atoms with Gasteiger partial charge in [-0.1, -0.05) is 6.92 Å². The molecule has 3 aliphatic rings. The topological polar surface area (TPSA) is 86.3 Å². The minimum Gasteiger partial charge on any atom is -0.394 e. The maximum Gasteiger partial charge on any atom is 0.229 e. The van der Waals surface area contributed by atoms with Gasteiger partial charge in [0.2, 0.25) is 5.91 Å². The molecule has 3 aliphatic heterocycles. The summed E-state index contributed by atoms with van der Waals surface area (Å²) in [5, 5.41) is 12.1. The first kappa shape index (κ1) is 14.2. The second kappa shape index (κ2) is 4.92. The van der Waals surface area contributed by atoms with Crippen LogP contribution < -0.4 is 5.32 Å². The van der Waals surface area contributed by atoms with Crippen LogP contribution in [0.15, 0.2) is 0 Å². The van der Waals surface area contributed by atoms with Crippen LogP contribution in [0.25, 0.3) is 0 Å². The van der Waals surface area contributed by atoms with Crippen molar-refractivity contribution in [3.63, 3.8) is 0 Å². The number of nitrogens with one attached hydrogen (secondary N) is 1. The van der Waals surface area contributed by atoms with Crippen molar-refractivity contribution < 1.29 is 28.8 Å². The number of hydrogen-bond acceptors (Lipinski definition) is 6. The second-order valence-electron chi connectivity index (χ2n) is 5.87. The Morgan fingerprint density at radius 2 is 2.15 bits per heavy atom. The fourth-order valence-corrected chi connectivity index (χ4v) is 2.94. The second-order valence-corrected chi connectivity index (χ2v) is 5.87. The summed E-state index contributed by atoms with van der Waals surface area (Å²) in [6.45, 7) is 5.37. The highest BCUT2D eigenvalue weighted by Crippen LogP contribution is 2.39. The van der Waals surface area contributed by atoms with Crippen LogP contribution in [0.1, 0.15) is 27.2 Å². The Balaban J connectivity index is 1.68. The minimum atomic E-state index is -0.732. The SMILES string of the molecule is CC[C@@H]1C(=O)N[C@@H]1O[C@@H]1[C@H]2OC(C)(C)O[C@H]2O[C@@H]1CO. The number of amides is 1. The number of aliphatic hydroxyl groups is 1. The maximum atomic E-state index is 11.4. The zero-order chi connectivity index (χ0) is 14.5. The predicted molar refractivity (Wildman–Crippen MR) is 66.4 cm³/mol. The monoisotopic (exact) mass is 287 g/mol. The highest BCUT2D eigenvalue weighted by atomic mass is 16.8. The number of hydrogen-bond donors (Lipinski definition) is 2. The van der Waals surface area contributed by atoms with Crippen LogP contribution in [0.2, 0.25) is 0 Å². The molecule has 0 aromatic carbocycles. The van der Waals surface area contributed by atoms with Gasteiger partial charge < -0.3 is 29.4 Å². The van der Waals surface area contributed by atoms with Gasteiger partial charge in [-0.3, -0.25) is 4.79 Å². The molecule has 3 rings (SSSR count). The maximum absolute atomic E-state index is 11.4. The lowest BCUT2D eigenvalue weighted by Gasteiger charge is -2.39. The molecule has 114 valence electrons. The van der Waals surface area contributed by atoms with Crippen LogP contribution in [-0.4, -0.2) is 54.2 Å². The molecule has 0 spiro atoms. The molecule has 0 radical (unpaired) electrons. The Morgan fingerprint density at radius 1 is 1.40 bits per heavy atom. The normalized spacial score (nSPS) is 45.9. The van der Waals surface area contributed by atoms with Gasteiger partial charge in [0.25, 0.3) is 0 Å². The molecule has 1 amide bonds. The summed E-state index contributed by atoms with van der Waals surface area (Å²) >= 11 is 0. The van der Waals surface area contributed by atoms with Crippen LogP contribution in [0.3, 0.4) is 0 Å². The number of carbonyl (C=O) groups is 1. The lowest BCUT2D eigenvalue weighted by atomic mass is 9.96. The number of rotatable bonds is 4. The molecule has 3 saturated heterocycles. The number of aliphatic hydroxyl groups excluding tert-OH is 1. The summed E-state index contributed by atoms with van der Waals surface area (Å²) in [5.41, 5.74) is 0. The smallest absolute Gasteiger partial charge is 0.229 e. The average molecular weight is 287 g/mol. The van der Waals surface area contributed by atoms with Gasteiger partial charge >= 0.3 is 0 Å². The van der Waals surface area contributed by atoms with Gasteiger partial charge in [-0.05, 0) is 20.3 Å². The standard InChI is InChI=1S/C13H21NO6/c1-4-6-10(16)14-11(6)18-8-7(5-15)17-12-9(8)19-13(2,3)20-12/h6-9,11-12,15H,4-5H2,1-3H3,(H,14,16)/t6-,7-,8+,9-,11-,12-/m1/s1. The Kier molecular flexibility index (Phi) is 3.50. The van der Waals surface area contributed by atoms with E-state index in [-0.39, 0.29) is 24.7 Å². The average Bonchev–Trinajstić information content (AvgIpc) is 2.81. The van der Waals surface area contributed by atoms with Crippen LogP contribution in [-0.2, 0) is 23.7 Å². The van der Waals surface area contributed by atoms with Crippen LogP contribution in [0.5, 0.6) is 0 Å². The molecule has 0 aromatic rings. The molecule has 2 N–H and O–H groups in total. The summed E-state index contributed by atoms with van der Waals surface area (Å²) in [4.78, 5) is 11.4. The Morgan fingerprint density at radius 3 is 2.75 bits per heavy atom. The van der Waals surface area contributed by atoms with E-state index in [2.05, 4.69) is 5.32 Å². The third kappa shape index (κ3) is 2.23. The Bertz CT molecular complexity index is 400. The molecule has 7 nitrogen and oxygen atoms in total. The molecule has 6 atom stereocenters. The summed E-state index contributed by atoms with van der Waals surface area (Å²) < 4.78 is 22.9. The lowest BCUT2D eigenvalue weighted by Crippen LogP contribution is -2.61. The van der Waals surface area contributed by atoms with Crippen LogP contribution in [0.4, 0.5) is 0 Å². The van der Waals surface area contributed by atoms with Crippen molar-refractivity contribution in [2.75, 3.05) is 6.61 Å². The van der Waals surface area contributed by atoms with E-state index in [9.17, 15) is 9.90 Å². The van der Waals surface area contributed by atoms with Gasteiger partial charge in [0, 0.05) is 0 Å². The summed E-state index contributed by atoms with van der Waals surface area (Å²) in [5.74, 6) is -0.883. The van der Waals surface area contributed by atoms with Gasteiger partial charge in [0.05, 0.1) is 12.5 Å². The molecule has 0 saturated carbocycles. The molecule has 20 heavy (non-hydrogen) atoms. The van der Waals surface area contributed by atoms with Crippen molar-refractivity contribution >= 4 is 5.91 Å². The van der Waals surface area contributed by atoms with E-state index in [1.165, 1.54) is 0 Å². The van der Waals surface area contributed by atoms with Crippen molar-refractivity contribution in [2.45, 2.75) is 63.8 Å². The zero-order valence-corrected chi connectivity index (χ0v) is 11.9. The molecule has 7 heteroatoms. The van der Waals surface area contributed by atoms with Crippen molar-refractivity contribution in [3.05, 3.63) is 0 Å². The van der Waals surface area contributed by atoms with Gasteiger partial charge in [0.1, 0.15) is 24.5 Å². The fraction of sp³-hybridized carbons (Fsp3) is 0.923. The molecule has 0 unspecified atom stereocenters. The molecular formula is C13H21NO6. The molecular weight excluding hydrogens is 266 g/mol. The third-order valence-electron chi connectivity index (χ3n) is 4.00. The van der Waals surface area contributed by atoms with Crippen LogP contribution in [0, 0.1) is 5.92 Å². The quantitative estimate of drug-likeness (QED) is 0.692. The minimum absolute atomic E-state index is 0.00238. The fourth-order valence-electron chi connectivity index (χ4n) is 2.94. The highest BCUT2D eigenvalue weighted by Gasteiger charge is 2.57. The van der Waals surface area contributed by atoms with E-state index < -0.39 is 30.4 Å². The van der Waals surface area contributed by atoms with Crippen molar-refractivity contribution in [2.24, 2.45) is 5.92 Å². The van der Waals surface area contributed by atoms with E-state index >= 15 is 0 Å². The van der Waals surface area contributed by atoms with Gasteiger partial charge in [-0.25, -0.2) is 0 Å². The van der Waals surface area contributed by atoms with Crippen LogP contribution >= 0.6 is 0 Å². The number of carbonyl (C=O) groups excluding carboxylic acids is 1. The van der Waals surface area contributed by atoms with Gasteiger partial charge in [0.15, 0.2) is 12.1 Å². The van der Waals surface area contributed by atoms with E-state index in [4.69, 9.17) is 18.9 Å². The summed E-state index contributed by atoms with van der Waals surface area (Å²) in [6, 6.07) is 0. The van der Waals surface area contributed by atoms with Crippen molar-refractivity contribution in [3.8, 4) is 0 Å². The Hall–Kier alpha value is -0.730. The first-order valence-corrected chi connectivity index (χ1v) is 7.03.